The average molecular weight is 175 g/mol. The van der Waals surface area contributed by atoms with E-state index in [0.29, 0.717) is 11.3 Å². The molecule has 0 N–H and O–H groups in total. The highest BCUT2D eigenvalue weighted by Crippen LogP contribution is 2.12. The molecule has 0 fully saturated rings. The Morgan fingerprint density at radius 3 is 3.08 bits per heavy atom. The van der Waals surface area contributed by atoms with Gasteiger partial charge in [-0.15, -0.1) is 0 Å². The van der Waals surface area contributed by atoms with E-state index in [1.807, 2.05) is 6.07 Å². The third-order valence-electron chi connectivity index (χ3n) is 1.87. The van der Waals surface area contributed by atoms with E-state index in [1.165, 1.54) is 22.9 Å². The first-order chi connectivity index (χ1) is 6.22. The van der Waals surface area contributed by atoms with Crippen molar-refractivity contribution in [3.63, 3.8) is 0 Å². The number of imidazole rings is 1. The minimum Gasteiger partial charge on any atom is -0.288 e. The number of pyridine rings is 1. The third-order valence-corrected chi connectivity index (χ3v) is 1.87. The van der Waals surface area contributed by atoms with Gasteiger partial charge in [0, 0.05) is 6.20 Å². The van der Waals surface area contributed by atoms with Gasteiger partial charge in [-0.25, -0.2) is 9.37 Å². The van der Waals surface area contributed by atoms with Crippen molar-refractivity contribution in [3.05, 3.63) is 35.5 Å². The van der Waals surface area contributed by atoms with Crippen LogP contribution in [0.15, 0.2) is 18.5 Å². The average Bonchev–Trinajstić information content (AvgIpc) is 2.47. The summed E-state index contributed by atoms with van der Waals surface area (Å²) in [6.07, 6.45) is 2.69. The summed E-state index contributed by atoms with van der Waals surface area (Å²) in [5.41, 5.74) is 1.69. The van der Waals surface area contributed by atoms with Crippen LogP contribution < -0.4 is 0 Å². The van der Waals surface area contributed by atoms with Crippen molar-refractivity contribution in [2.45, 2.75) is 6.92 Å². The highest BCUT2D eigenvalue weighted by Gasteiger charge is 2.05. The Balaban J connectivity index is 2.92. The summed E-state index contributed by atoms with van der Waals surface area (Å²) in [4.78, 5) is 4.00. The number of rotatable bonds is 0. The summed E-state index contributed by atoms with van der Waals surface area (Å²) >= 11 is 0. The highest BCUT2D eigenvalue weighted by molar-refractivity contribution is 5.50. The smallest absolute Gasteiger partial charge is 0.144 e. The first-order valence-corrected chi connectivity index (χ1v) is 3.75. The summed E-state index contributed by atoms with van der Waals surface area (Å²) in [6, 6.07) is 3.33. The number of fused-ring (bicyclic) bond motifs is 1. The van der Waals surface area contributed by atoms with Crippen LogP contribution in [0.3, 0.4) is 0 Å². The topological polar surface area (TPSA) is 41.1 Å². The Bertz CT molecular complexity index is 507. The maximum absolute atomic E-state index is 12.9. The summed E-state index contributed by atoms with van der Waals surface area (Å²) in [6.45, 7) is 1.76. The summed E-state index contributed by atoms with van der Waals surface area (Å²) < 4.78 is 14.4. The second-order valence-corrected chi connectivity index (χ2v) is 2.79. The number of nitriles is 1. The van der Waals surface area contributed by atoms with Crippen LogP contribution in [0, 0.1) is 24.1 Å². The molecule has 2 heterocycles. The predicted molar refractivity (Wildman–Crippen MR) is 44.6 cm³/mol. The van der Waals surface area contributed by atoms with Crippen molar-refractivity contribution < 1.29 is 4.39 Å². The molecule has 0 saturated carbocycles. The first-order valence-electron chi connectivity index (χ1n) is 3.75. The van der Waals surface area contributed by atoms with Gasteiger partial charge in [-0.05, 0) is 18.6 Å². The Morgan fingerprint density at radius 2 is 2.38 bits per heavy atom. The molecular formula is C9H6FN3. The van der Waals surface area contributed by atoms with Crippen LogP contribution in [-0.4, -0.2) is 9.38 Å². The van der Waals surface area contributed by atoms with E-state index in [4.69, 9.17) is 5.26 Å². The summed E-state index contributed by atoms with van der Waals surface area (Å²) in [5.74, 6) is -0.362. The van der Waals surface area contributed by atoms with Crippen LogP contribution in [-0.2, 0) is 0 Å². The highest BCUT2D eigenvalue weighted by atomic mass is 19.1. The molecule has 3 nitrogen and oxygen atoms in total. The zero-order valence-corrected chi connectivity index (χ0v) is 6.95. The van der Waals surface area contributed by atoms with Crippen molar-refractivity contribution in [1.82, 2.24) is 9.38 Å². The van der Waals surface area contributed by atoms with Gasteiger partial charge in [0.05, 0.1) is 6.20 Å². The standard InChI is InChI=1S/C9H6FN3/c1-6-2-7(10)5-13-8(3-11)4-12-9(6)13/h2,4-5H,1H3. The molecular weight excluding hydrogens is 169 g/mol. The molecule has 2 aromatic heterocycles. The molecule has 0 aliphatic heterocycles. The fourth-order valence-corrected chi connectivity index (χ4v) is 1.30. The molecule has 0 aliphatic rings. The van der Waals surface area contributed by atoms with Crippen LogP contribution >= 0.6 is 0 Å². The normalized spacial score (nSPS) is 10.2. The lowest BCUT2D eigenvalue weighted by molar-refractivity contribution is 0.617. The van der Waals surface area contributed by atoms with Crippen LogP contribution in [0.2, 0.25) is 0 Å². The molecule has 0 amide bonds. The fourth-order valence-electron chi connectivity index (χ4n) is 1.30. The van der Waals surface area contributed by atoms with Gasteiger partial charge in [0.2, 0.25) is 0 Å². The van der Waals surface area contributed by atoms with E-state index in [1.54, 1.807) is 6.92 Å². The largest absolute Gasteiger partial charge is 0.288 e. The van der Waals surface area contributed by atoms with Crippen LogP contribution in [0.1, 0.15) is 11.3 Å². The van der Waals surface area contributed by atoms with Crippen molar-refractivity contribution in [2.75, 3.05) is 0 Å². The maximum Gasteiger partial charge on any atom is 0.144 e. The quantitative estimate of drug-likeness (QED) is 0.610. The summed E-state index contributed by atoms with van der Waals surface area (Å²) in [7, 11) is 0. The second-order valence-electron chi connectivity index (χ2n) is 2.79. The van der Waals surface area contributed by atoms with E-state index in [-0.39, 0.29) is 5.82 Å². The molecule has 0 saturated heterocycles. The van der Waals surface area contributed by atoms with Crippen molar-refractivity contribution >= 4 is 5.65 Å². The molecule has 0 unspecified atom stereocenters. The number of halogens is 1. The minimum atomic E-state index is -0.362. The Kier molecular flexibility index (Phi) is 1.52. The van der Waals surface area contributed by atoms with Crippen molar-refractivity contribution in [3.8, 4) is 6.07 Å². The van der Waals surface area contributed by atoms with E-state index in [0.717, 1.165) is 5.56 Å². The lowest BCUT2D eigenvalue weighted by Crippen LogP contribution is -1.92. The van der Waals surface area contributed by atoms with E-state index >= 15 is 0 Å². The van der Waals surface area contributed by atoms with Crippen molar-refractivity contribution in [2.24, 2.45) is 0 Å². The maximum atomic E-state index is 12.9. The van der Waals surface area contributed by atoms with E-state index in [2.05, 4.69) is 4.98 Å². The molecule has 0 spiro atoms. The summed E-state index contributed by atoms with van der Waals surface area (Å²) in [5, 5.41) is 8.67. The zero-order chi connectivity index (χ0) is 9.42. The molecule has 2 rings (SSSR count). The third kappa shape index (κ3) is 1.05. The van der Waals surface area contributed by atoms with Gasteiger partial charge in [-0.2, -0.15) is 5.26 Å². The number of aromatic nitrogens is 2. The monoisotopic (exact) mass is 175 g/mol. The SMILES string of the molecule is Cc1cc(F)cn2c(C#N)cnc12. The molecule has 13 heavy (non-hydrogen) atoms. The van der Waals surface area contributed by atoms with Gasteiger partial charge in [-0.3, -0.25) is 4.40 Å². The van der Waals surface area contributed by atoms with Crippen LogP contribution in [0.4, 0.5) is 4.39 Å². The number of nitrogens with zero attached hydrogens (tertiary/aromatic N) is 3. The lowest BCUT2D eigenvalue weighted by atomic mass is 10.3. The molecule has 4 heteroatoms. The van der Waals surface area contributed by atoms with E-state index < -0.39 is 0 Å². The van der Waals surface area contributed by atoms with Gasteiger partial charge in [-0.1, -0.05) is 0 Å². The van der Waals surface area contributed by atoms with Gasteiger partial charge in [0.15, 0.2) is 0 Å². The predicted octanol–water partition coefficient (Wildman–Crippen LogP) is 1.65. The Hall–Kier alpha value is -1.89. The second kappa shape index (κ2) is 2.56. The Morgan fingerprint density at radius 1 is 1.62 bits per heavy atom. The number of hydrogen-bond acceptors (Lipinski definition) is 2. The van der Waals surface area contributed by atoms with E-state index in [9.17, 15) is 4.39 Å². The van der Waals surface area contributed by atoms with Crippen molar-refractivity contribution in [1.29, 1.82) is 5.26 Å². The van der Waals surface area contributed by atoms with Gasteiger partial charge in [0.25, 0.3) is 0 Å². The molecule has 0 aliphatic carbocycles. The first kappa shape index (κ1) is 7.74. The van der Waals surface area contributed by atoms with Crippen LogP contribution in [0.5, 0.6) is 0 Å². The molecule has 64 valence electrons. The molecule has 2 aromatic rings. The zero-order valence-electron chi connectivity index (χ0n) is 6.95. The molecule has 0 atom stereocenters. The van der Waals surface area contributed by atoms with Crippen LogP contribution in [0.25, 0.3) is 5.65 Å². The lowest BCUT2D eigenvalue weighted by Gasteiger charge is -1.98. The minimum absolute atomic E-state index is 0.345. The van der Waals surface area contributed by atoms with Gasteiger partial charge in [0.1, 0.15) is 23.2 Å². The molecule has 0 bridgehead atoms. The Labute approximate surface area is 74.1 Å². The fraction of sp³-hybridized carbons (Fsp3) is 0.111. The molecule has 0 aromatic carbocycles. The molecule has 0 radical (unpaired) electrons. The van der Waals surface area contributed by atoms with Gasteiger partial charge >= 0.3 is 0 Å². The number of hydrogen-bond donors (Lipinski definition) is 0. The van der Waals surface area contributed by atoms with Gasteiger partial charge < -0.3 is 0 Å². The number of aryl methyl sites for hydroxylation is 1.